The van der Waals surface area contributed by atoms with Crippen LogP contribution in [0.4, 0.5) is 4.39 Å². The number of nitrogens with zero attached hydrogens (tertiary/aromatic N) is 3. The van der Waals surface area contributed by atoms with Crippen molar-refractivity contribution in [2.75, 3.05) is 32.8 Å². The molecule has 3 rings (SSSR count). The Bertz CT molecular complexity index is 828. The molecule has 6 nitrogen and oxygen atoms in total. The second-order valence-electron chi connectivity index (χ2n) is 6.21. The molecule has 0 radical (unpaired) electrons. The van der Waals surface area contributed by atoms with Gasteiger partial charge in [0.05, 0.1) is 12.2 Å². The number of ether oxygens (including phenoxy) is 1. The monoisotopic (exact) mass is 371 g/mol. The fraction of sp³-hybridized carbons (Fsp3) is 0.350. The molecule has 27 heavy (non-hydrogen) atoms. The first-order valence-corrected chi connectivity index (χ1v) is 9.02. The minimum absolute atomic E-state index is 0.0585. The molecule has 0 N–H and O–H groups in total. The van der Waals surface area contributed by atoms with Crippen molar-refractivity contribution in [3.63, 3.8) is 0 Å². The van der Waals surface area contributed by atoms with Gasteiger partial charge >= 0.3 is 0 Å². The zero-order valence-corrected chi connectivity index (χ0v) is 15.2. The van der Waals surface area contributed by atoms with Crippen LogP contribution in [-0.2, 0) is 0 Å². The summed E-state index contributed by atoms with van der Waals surface area (Å²) in [5, 5.41) is 0. The van der Waals surface area contributed by atoms with Gasteiger partial charge in [0.15, 0.2) is 0 Å². The topological polar surface area (TPSA) is 62.7 Å². The van der Waals surface area contributed by atoms with Crippen molar-refractivity contribution < 1.29 is 18.7 Å². The standard InChI is InChI=1S/C20H22FN3O3/c1-2-27-18-16(8-5-10-22-18)20(26)24-12-6-11-23(13-14-24)19(25)15-7-3-4-9-17(15)21/h3-5,7-10H,2,6,11-14H2,1H3. The predicted octanol–water partition coefficient (Wildman–Crippen LogP) is 2.61. The first-order valence-electron chi connectivity index (χ1n) is 9.02. The van der Waals surface area contributed by atoms with E-state index in [2.05, 4.69) is 4.98 Å². The lowest BCUT2D eigenvalue weighted by molar-refractivity contribution is 0.0713. The van der Waals surface area contributed by atoms with Crippen molar-refractivity contribution in [3.05, 3.63) is 59.5 Å². The number of benzene rings is 1. The highest BCUT2D eigenvalue weighted by Gasteiger charge is 2.26. The molecule has 1 aromatic heterocycles. The Morgan fingerprint density at radius 1 is 1.00 bits per heavy atom. The molecular weight excluding hydrogens is 349 g/mol. The molecule has 1 aromatic carbocycles. The minimum Gasteiger partial charge on any atom is -0.477 e. The Morgan fingerprint density at radius 3 is 2.30 bits per heavy atom. The molecule has 142 valence electrons. The van der Waals surface area contributed by atoms with Gasteiger partial charge in [-0.15, -0.1) is 0 Å². The summed E-state index contributed by atoms with van der Waals surface area (Å²) in [4.78, 5) is 32.9. The van der Waals surface area contributed by atoms with E-state index in [0.29, 0.717) is 50.7 Å². The van der Waals surface area contributed by atoms with E-state index in [1.54, 1.807) is 40.3 Å². The van der Waals surface area contributed by atoms with Crippen molar-refractivity contribution in [2.24, 2.45) is 0 Å². The van der Waals surface area contributed by atoms with E-state index >= 15 is 0 Å². The molecule has 0 unspecified atom stereocenters. The Balaban J connectivity index is 1.71. The summed E-state index contributed by atoms with van der Waals surface area (Å²) in [5.41, 5.74) is 0.469. The molecule has 7 heteroatoms. The zero-order chi connectivity index (χ0) is 19.2. The highest BCUT2D eigenvalue weighted by Crippen LogP contribution is 2.19. The van der Waals surface area contributed by atoms with Crippen LogP contribution >= 0.6 is 0 Å². The maximum Gasteiger partial charge on any atom is 0.259 e. The first-order chi connectivity index (χ1) is 13.1. The highest BCUT2D eigenvalue weighted by molar-refractivity contribution is 5.97. The summed E-state index contributed by atoms with van der Waals surface area (Å²) in [6, 6.07) is 9.34. The molecule has 1 fully saturated rings. The first kappa shape index (κ1) is 18.8. The van der Waals surface area contributed by atoms with Gasteiger partial charge in [-0.3, -0.25) is 9.59 Å². The normalized spacial score (nSPS) is 14.6. The largest absolute Gasteiger partial charge is 0.477 e. The van der Waals surface area contributed by atoms with Crippen LogP contribution in [0.15, 0.2) is 42.6 Å². The SMILES string of the molecule is CCOc1ncccc1C(=O)N1CCCN(C(=O)c2ccccc2F)CC1. The van der Waals surface area contributed by atoms with Gasteiger partial charge < -0.3 is 14.5 Å². The number of rotatable bonds is 4. The van der Waals surface area contributed by atoms with E-state index < -0.39 is 5.82 Å². The van der Waals surface area contributed by atoms with E-state index in [1.807, 2.05) is 6.92 Å². The molecule has 1 saturated heterocycles. The average Bonchev–Trinajstić information content (AvgIpc) is 2.94. The predicted molar refractivity (Wildman–Crippen MR) is 98.2 cm³/mol. The van der Waals surface area contributed by atoms with E-state index in [-0.39, 0.29) is 17.4 Å². The summed E-state index contributed by atoms with van der Waals surface area (Å²) in [5.74, 6) is -0.740. The number of halogens is 1. The Hall–Kier alpha value is -2.96. The summed E-state index contributed by atoms with van der Waals surface area (Å²) in [7, 11) is 0. The van der Waals surface area contributed by atoms with Gasteiger partial charge in [-0.25, -0.2) is 9.37 Å². The molecule has 0 bridgehead atoms. The lowest BCUT2D eigenvalue weighted by Crippen LogP contribution is -2.37. The lowest BCUT2D eigenvalue weighted by atomic mass is 10.2. The van der Waals surface area contributed by atoms with Gasteiger partial charge in [0.25, 0.3) is 11.8 Å². The second kappa shape index (κ2) is 8.62. The van der Waals surface area contributed by atoms with Crippen molar-refractivity contribution in [2.45, 2.75) is 13.3 Å². The number of hydrogen-bond acceptors (Lipinski definition) is 4. The average molecular weight is 371 g/mol. The second-order valence-corrected chi connectivity index (χ2v) is 6.21. The van der Waals surface area contributed by atoms with Crippen molar-refractivity contribution >= 4 is 11.8 Å². The highest BCUT2D eigenvalue weighted by atomic mass is 19.1. The minimum atomic E-state index is -0.531. The number of carbonyl (C=O) groups excluding carboxylic acids is 2. The molecule has 2 heterocycles. The van der Waals surface area contributed by atoms with E-state index in [9.17, 15) is 14.0 Å². The smallest absolute Gasteiger partial charge is 0.259 e. The van der Waals surface area contributed by atoms with E-state index in [4.69, 9.17) is 4.74 Å². The van der Waals surface area contributed by atoms with Gasteiger partial charge in [-0.1, -0.05) is 12.1 Å². The molecule has 0 spiro atoms. The molecule has 0 saturated carbocycles. The van der Waals surface area contributed by atoms with E-state index in [0.717, 1.165) is 0 Å². The lowest BCUT2D eigenvalue weighted by Gasteiger charge is -2.23. The number of hydrogen-bond donors (Lipinski definition) is 0. The molecule has 2 amide bonds. The van der Waals surface area contributed by atoms with Crippen LogP contribution in [0.3, 0.4) is 0 Å². The third-order valence-corrected chi connectivity index (χ3v) is 4.46. The summed E-state index contributed by atoms with van der Waals surface area (Å²) in [6.45, 7) is 3.97. The van der Waals surface area contributed by atoms with Gasteiger partial charge in [0.2, 0.25) is 5.88 Å². The maximum absolute atomic E-state index is 13.9. The van der Waals surface area contributed by atoms with Gasteiger partial charge in [0.1, 0.15) is 11.4 Å². The van der Waals surface area contributed by atoms with E-state index in [1.165, 1.54) is 12.1 Å². The van der Waals surface area contributed by atoms with Crippen LogP contribution < -0.4 is 4.74 Å². The summed E-state index contributed by atoms with van der Waals surface area (Å²) < 4.78 is 19.4. The Labute approximate surface area is 157 Å². The van der Waals surface area contributed by atoms with Gasteiger partial charge in [0, 0.05) is 32.4 Å². The molecule has 1 aliphatic rings. The van der Waals surface area contributed by atoms with Crippen molar-refractivity contribution in [3.8, 4) is 5.88 Å². The fourth-order valence-electron chi connectivity index (χ4n) is 3.10. The number of carbonyl (C=O) groups is 2. The molecule has 0 aliphatic carbocycles. The van der Waals surface area contributed by atoms with Crippen LogP contribution in [0.2, 0.25) is 0 Å². The van der Waals surface area contributed by atoms with Gasteiger partial charge in [-0.05, 0) is 37.6 Å². The quantitative estimate of drug-likeness (QED) is 0.829. The fourth-order valence-corrected chi connectivity index (χ4v) is 3.10. The maximum atomic E-state index is 13.9. The number of amides is 2. The zero-order valence-electron chi connectivity index (χ0n) is 15.2. The summed E-state index contributed by atoms with van der Waals surface area (Å²) in [6.07, 6.45) is 2.20. The summed E-state index contributed by atoms with van der Waals surface area (Å²) >= 11 is 0. The molecule has 2 aromatic rings. The van der Waals surface area contributed by atoms with Crippen LogP contribution in [0, 0.1) is 5.82 Å². The molecule has 0 atom stereocenters. The Morgan fingerprint density at radius 2 is 1.63 bits per heavy atom. The van der Waals surface area contributed by atoms with Crippen LogP contribution in [-0.4, -0.2) is 59.4 Å². The van der Waals surface area contributed by atoms with Crippen LogP contribution in [0.5, 0.6) is 5.88 Å². The van der Waals surface area contributed by atoms with Crippen LogP contribution in [0.25, 0.3) is 0 Å². The van der Waals surface area contributed by atoms with Crippen LogP contribution in [0.1, 0.15) is 34.1 Å². The number of aromatic nitrogens is 1. The molecular formula is C20H22FN3O3. The molecule has 1 aliphatic heterocycles. The Kier molecular flexibility index (Phi) is 6.01. The third kappa shape index (κ3) is 4.24. The van der Waals surface area contributed by atoms with Crippen molar-refractivity contribution in [1.82, 2.24) is 14.8 Å². The van der Waals surface area contributed by atoms with Gasteiger partial charge in [-0.2, -0.15) is 0 Å². The number of pyridine rings is 1. The van der Waals surface area contributed by atoms with Crippen molar-refractivity contribution in [1.29, 1.82) is 0 Å². The third-order valence-electron chi connectivity index (χ3n) is 4.46.